The van der Waals surface area contributed by atoms with Crippen LogP contribution in [0.25, 0.3) is 0 Å². The minimum Gasteiger partial charge on any atom is -0.462 e. The number of rotatable bonds is 44. The van der Waals surface area contributed by atoms with Gasteiger partial charge in [0.05, 0.1) is 0 Å². The molecule has 0 fully saturated rings. The third-order valence-corrected chi connectivity index (χ3v) is 10.5. The smallest absolute Gasteiger partial charge is 0.306 e. The van der Waals surface area contributed by atoms with Gasteiger partial charge in [-0.25, -0.2) is 0 Å². The second-order valence-corrected chi connectivity index (χ2v) is 16.4. The zero-order valence-corrected chi connectivity index (χ0v) is 39.2. The Balaban J connectivity index is 3.99. The summed E-state index contributed by atoms with van der Waals surface area (Å²) in [5.41, 5.74) is 0. The Bertz CT molecular complexity index is 1140. The van der Waals surface area contributed by atoms with Crippen molar-refractivity contribution in [1.29, 1.82) is 0 Å². The molecule has 0 aliphatic rings. The first kappa shape index (κ1) is 56.9. The van der Waals surface area contributed by atoms with Crippen LogP contribution in [-0.2, 0) is 28.6 Å². The maximum atomic E-state index is 12.6. The van der Waals surface area contributed by atoms with Crippen LogP contribution in [0, 0.1) is 0 Å². The van der Waals surface area contributed by atoms with Crippen molar-refractivity contribution in [2.24, 2.45) is 0 Å². The summed E-state index contributed by atoms with van der Waals surface area (Å²) in [6, 6.07) is 0. The van der Waals surface area contributed by atoms with E-state index in [-0.39, 0.29) is 31.1 Å². The van der Waals surface area contributed by atoms with E-state index >= 15 is 0 Å². The van der Waals surface area contributed by atoms with Gasteiger partial charge in [-0.2, -0.15) is 0 Å². The lowest BCUT2D eigenvalue weighted by Crippen LogP contribution is -2.30. The minimum atomic E-state index is -0.767. The number of esters is 3. The van der Waals surface area contributed by atoms with Crippen LogP contribution in [0.15, 0.2) is 72.9 Å². The summed E-state index contributed by atoms with van der Waals surface area (Å²) in [6.45, 7) is 6.40. The third-order valence-electron chi connectivity index (χ3n) is 10.5. The molecule has 0 aromatic heterocycles. The molecule has 0 aliphatic carbocycles. The van der Waals surface area contributed by atoms with Gasteiger partial charge in [0.1, 0.15) is 13.2 Å². The van der Waals surface area contributed by atoms with E-state index < -0.39 is 6.10 Å². The molecule has 0 N–H and O–H groups in total. The average Bonchev–Trinajstić information content (AvgIpc) is 3.24. The Kier molecular flexibility index (Phi) is 46.0. The topological polar surface area (TPSA) is 78.9 Å². The second kappa shape index (κ2) is 48.5. The van der Waals surface area contributed by atoms with Crippen LogP contribution >= 0.6 is 0 Å². The van der Waals surface area contributed by atoms with E-state index in [1.54, 1.807) is 0 Å². The molecule has 6 heteroatoms. The van der Waals surface area contributed by atoms with Crippen molar-refractivity contribution in [3.8, 4) is 0 Å². The zero-order chi connectivity index (χ0) is 43.7. The van der Waals surface area contributed by atoms with Crippen LogP contribution in [-0.4, -0.2) is 37.2 Å². The fourth-order valence-electron chi connectivity index (χ4n) is 6.74. The van der Waals surface area contributed by atoms with Crippen LogP contribution in [0.2, 0.25) is 0 Å². The summed E-state index contributed by atoms with van der Waals surface area (Å²) >= 11 is 0. The van der Waals surface area contributed by atoms with Crippen molar-refractivity contribution in [3.63, 3.8) is 0 Å². The standard InChI is InChI=1S/C54H92O6/c1-4-7-10-13-16-17-18-19-20-21-22-23-24-25-26-27-28-29-30-31-32-33-34-35-36-37-39-41-44-47-53(56)59-50-51(49-58-52(55)46-43-40-15-12-9-6-3)60-54(57)48-45-42-38-14-11-8-5-2/h7,10,16-17,19-20,22-23,25-26,28-29,51H,4-6,8-9,11-15,18,21,24,27,30-50H2,1-3H3/b10-7-,17-16-,20-19-,23-22-,26-25-,29-28-. The first-order valence-corrected chi connectivity index (χ1v) is 24.9. The van der Waals surface area contributed by atoms with Gasteiger partial charge in [-0.3, -0.25) is 14.4 Å². The maximum Gasteiger partial charge on any atom is 0.306 e. The summed E-state index contributed by atoms with van der Waals surface area (Å²) in [5.74, 6) is -0.898. The molecule has 0 amide bonds. The monoisotopic (exact) mass is 837 g/mol. The van der Waals surface area contributed by atoms with Crippen LogP contribution in [0.5, 0.6) is 0 Å². The Hall–Kier alpha value is -3.15. The van der Waals surface area contributed by atoms with Crippen molar-refractivity contribution in [2.75, 3.05) is 13.2 Å². The van der Waals surface area contributed by atoms with E-state index in [2.05, 4.69) is 93.7 Å². The molecule has 0 radical (unpaired) electrons. The lowest BCUT2D eigenvalue weighted by Gasteiger charge is -2.18. The van der Waals surface area contributed by atoms with Crippen LogP contribution in [0.3, 0.4) is 0 Å². The van der Waals surface area contributed by atoms with E-state index in [9.17, 15) is 14.4 Å². The van der Waals surface area contributed by atoms with Gasteiger partial charge in [-0.05, 0) is 70.6 Å². The van der Waals surface area contributed by atoms with E-state index in [4.69, 9.17) is 14.2 Å². The molecule has 60 heavy (non-hydrogen) atoms. The number of carbonyl (C=O) groups is 3. The van der Waals surface area contributed by atoms with Gasteiger partial charge in [0.2, 0.25) is 0 Å². The predicted molar refractivity (Wildman–Crippen MR) is 256 cm³/mol. The summed E-state index contributed by atoms with van der Waals surface area (Å²) in [5, 5.41) is 0. The lowest BCUT2D eigenvalue weighted by molar-refractivity contribution is -0.167. The first-order valence-electron chi connectivity index (χ1n) is 24.9. The predicted octanol–water partition coefficient (Wildman–Crippen LogP) is 16.3. The van der Waals surface area contributed by atoms with Gasteiger partial charge in [0.15, 0.2) is 6.10 Å². The van der Waals surface area contributed by atoms with E-state index in [1.807, 2.05) is 0 Å². The molecule has 0 heterocycles. The highest BCUT2D eigenvalue weighted by Gasteiger charge is 2.19. The number of unbranched alkanes of at least 4 members (excludes halogenated alkanes) is 21. The highest BCUT2D eigenvalue weighted by molar-refractivity contribution is 5.71. The summed E-state index contributed by atoms with van der Waals surface area (Å²) in [6.07, 6.45) is 60.8. The quantitative estimate of drug-likeness (QED) is 0.0263. The van der Waals surface area contributed by atoms with Crippen LogP contribution in [0.4, 0.5) is 0 Å². The largest absolute Gasteiger partial charge is 0.462 e. The van der Waals surface area contributed by atoms with Gasteiger partial charge in [0.25, 0.3) is 0 Å². The average molecular weight is 837 g/mol. The Morgan fingerprint density at radius 2 is 0.650 bits per heavy atom. The molecule has 0 saturated carbocycles. The van der Waals surface area contributed by atoms with Crippen molar-refractivity contribution in [3.05, 3.63) is 72.9 Å². The molecule has 344 valence electrons. The molecule has 0 aromatic carbocycles. The van der Waals surface area contributed by atoms with Gasteiger partial charge in [-0.15, -0.1) is 0 Å². The van der Waals surface area contributed by atoms with E-state index in [0.29, 0.717) is 19.3 Å². The summed E-state index contributed by atoms with van der Waals surface area (Å²) < 4.78 is 16.6. The Labute approximate surface area is 370 Å². The van der Waals surface area contributed by atoms with Gasteiger partial charge < -0.3 is 14.2 Å². The number of ether oxygens (including phenoxy) is 3. The van der Waals surface area contributed by atoms with Crippen molar-refractivity contribution in [2.45, 2.75) is 239 Å². The fourth-order valence-corrected chi connectivity index (χ4v) is 6.74. The molecule has 0 aliphatic heterocycles. The van der Waals surface area contributed by atoms with Gasteiger partial charge in [-0.1, -0.05) is 216 Å². The van der Waals surface area contributed by atoms with E-state index in [1.165, 1.54) is 96.3 Å². The molecule has 1 atom stereocenters. The molecule has 0 bridgehead atoms. The van der Waals surface area contributed by atoms with Gasteiger partial charge in [0, 0.05) is 19.3 Å². The number of carbonyl (C=O) groups excluding carboxylic acids is 3. The molecule has 0 rings (SSSR count). The molecular weight excluding hydrogens is 745 g/mol. The molecule has 0 saturated heterocycles. The summed E-state index contributed by atoms with van der Waals surface area (Å²) in [7, 11) is 0. The van der Waals surface area contributed by atoms with Crippen LogP contribution in [0.1, 0.15) is 233 Å². The fraction of sp³-hybridized carbons (Fsp3) is 0.722. The third kappa shape index (κ3) is 45.9. The molecular formula is C54H92O6. The normalized spacial score (nSPS) is 12.7. The Morgan fingerprint density at radius 1 is 0.350 bits per heavy atom. The second-order valence-electron chi connectivity index (χ2n) is 16.4. The molecule has 0 aromatic rings. The van der Waals surface area contributed by atoms with Gasteiger partial charge >= 0.3 is 17.9 Å². The molecule has 1 unspecified atom stereocenters. The summed E-state index contributed by atoms with van der Waals surface area (Å²) in [4.78, 5) is 37.4. The zero-order valence-electron chi connectivity index (χ0n) is 39.2. The number of hydrogen-bond acceptors (Lipinski definition) is 6. The Morgan fingerprint density at radius 3 is 1.02 bits per heavy atom. The van der Waals surface area contributed by atoms with Crippen molar-refractivity contribution >= 4 is 17.9 Å². The molecule has 6 nitrogen and oxygen atoms in total. The van der Waals surface area contributed by atoms with Crippen LogP contribution < -0.4 is 0 Å². The maximum absolute atomic E-state index is 12.6. The highest BCUT2D eigenvalue weighted by Crippen LogP contribution is 2.14. The van der Waals surface area contributed by atoms with Crippen molar-refractivity contribution < 1.29 is 28.6 Å². The lowest BCUT2D eigenvalue weighted by atomic mass is 10.1. The SMILES string of the molecule is CC/C=C\C/C=C\C/C=C\C/C=C\C/C=C\C/C=C\CCCCCCCCCCCCC(=O)OCC(COC(=O)CCCCCCCC)OC(=O)CCCCCCCCC. The molecule has 0 spiro atoms. The van der Waals surface area contributed by atoms with Crippen molar-refractivity contribution in [1.82, 2.24) is 0 Å². The van der Waals surface area contributed by atoms with E-state index in [0.717, 1.165) is 96.3 Å². The number of allylic oxidation sites excluding steroid dienone is 12. The minimum absolute atomic E-state index is 0.0752. The first-order chi connectivity index (χ1) is 29.5. The highest BCUT2D eigenvalue weighted by atomic mass is 16.6. The number of hydrogen-bond donors (Lipinski definition) is 0.